The molecule has 0 spiro atoms. The fraction of sp³-hybridized carbons (Fsp3) is 0.231. The molecule has 0 fully saturated rings. The van der Waals surface area contributed by atoms with Crippen molar-refractivity contribution in [2.24, 2.45) is 0 Å². The van der Waals surface area contributed by atoms with Gasteiger partial charge in [0, 0.05) is 16.1 Å². The molecule has 0 aromatic heterocycles. The molecule has 18 heavy (non-hydrogen) atoms. The molecule has 0 aliphatic heterocycles. The lowest BCUT2D eigenvalue weighted by molar-refractivity contribution is -0.151. The van der Waals surface area contributed by atoms with Gasteiger partial charge < -0.3 is 9.47 Å². The van der Waals surface area contributed by atoms with Gasteiger partial charge in [0.05, 0.1) is 13.7 Å². The van der Waals surface area contributed by atoms with Crippen LogP contribution in [-0.4, -0.2) is 25.5 Å². The summed E-state index contributed by atoms with van der Waals surface area (Å²) in [5.41, 5.74) is 0.707. The van der Waals surface area contributed by atoms with Crippen LogP contribution < -0.4 is 0 Å². The van der Waals surface area contributed by atoms with Gasteiger partial charge >= 0.3 is 5.97 Å². The minimum absolute atomic E-state index is 0.166. The van der Waals surface area contributed by atoms with Gasteiger partial charge in [0.1, 0.15) is 5.76 Å². The van der Waals surface area contributed by atoms with E-state index in [0.717, 1.165) is 10.5 Å². The molecule has 0 aliphatic rings. The first-order chi connectivity index (χ1) is 8.58. The van der Waals surface area contributed by atoms with Crippen molar-refractivity contribution in [2.45, 2.75) is 6.92 Å². The highest BCUT2D eigenvalue weighted by Crippen LogP contribution is 2.18. The van der Waals surface area contributed by atoms with Crippen molar-refractivity contribution in [1.82, 2.24) is 0 Å². The molecule has 1 rings (SSSR count). The predicted molar refractivity (Wildman–Crippen MR) is 70.8 cm³/mol. The SMILES string of the molecule is CCOC(=O)C(=O)/C=C(\OC)c1ccc(Br)cc1. The summed E-state index contributed by atoms with van der Waals surface area (Å²) in [6.07, 6.45) is 1.13. The molecule has 0 atom stereocenters. The van der Waals surface area contributed by atoms with Gasteiger partial charge in [-0.3, -0.25) is 4.79 Å². The van der Waals surface area contributed by atoms with Crippen LogP contribution in [0.25, 0.3) is 5.76 Å². The number of methoxy groups -OCH3 is 1. The molecule has 0 saturated heterocycles. The molecule has 0 N–H and O–H groups in total. The van der Waals surface area contributed by atoms with Gasteiger partial charge in [0.2, 0.25) is 0 Å². The molecular formula is C13H13BrO4. The van der Waals surface area contributed by atoms with Crippen LogP contribution in [0.5, 0.6) is 0 Å². The van der Waals surface area contributed by atoms with E-state index in [1.54, 1.807) is 19.1 Å². The van der Waals surface area contributed by atoms with Crippen molar-refractivity contribution in [3.63, 3.8) is 0 Å². The number of hydrogen-bond donors (Lipinski definition) is 0. The third-order valence-corrected chi connectivity index (χ3v) is 2.62. The van der Waals surface area contributed by atoms with E-state index < -0.39 is 11.8 Å². The summed E-state index contributed by atoms with van der Waals surface area (Å²) in [4.78, 5) is 22.7. The number of halogens is 1. The lowest BCUT2D eigenvalue weighted by Crippen LogP contribution is -2.15. The van der Waals surface area contributed by atoms with Crippen LogP contribution in [0.15, 0.2) is 34.8 Å². The van der Waals surface area contributed by atoms with E-state index in [-0.39, 0.29) is 6.61 Å². The summed E-state index contributed by atoms with van der Waals surface area (Å²) in [5, 5.41) is 0. The highest BCUT2D eigenvalue weighted by atomic mass is 79.9. The maximum Gasteiger partial charge on any atom is 0.379 e. The van der Waals surface area contributed by atoms with Crippen molar-refractivity contribution in [3.05, 3.63) is 40.4 Å². The molecule has 0 radical (unpaired) electrons. The summed E-state index contributed by atoms with van der Waals surface area (Å²) < 4.78 is 10.6. The Labute approximate surface area is 114 Å². The quantitative estimate of drug-likeness (QED) is 0.363. The Morgan fingerprint density at radius 3 is 2.39 bits per heavy atom. The molecule has 1 aromatic rings. The third-order valence-electron chi connectivity index (χ3n) is 2.09. The van der Waals surface area contributed by atoms with Gasteiger partial charge in [-0.1, -0.05) is 28.1 Å². The summed E-state index contributed by atoms with van der Waals surface area (Å²) in [5.74, 6) is -1.30. The van der Waals surface area contributed by atoms with Crippen LogP contribution in [-0.2, 0) is 19.1 Å². The maximum absolute atomic E-state index is 11.5. The van der Waals surface area contributed by atoms with E-state index in [4.69, 9.17) is 4.74 Å². The van der Waals surface area contributed by atoms with Crippen molar-refractivity contribution in [3.8, 4) is 0 Å². The van der Waals surface area contributed by atoms with Gasteiger partial charge in [-0.15, -0.1) is 0 Å². The van der Waals surface area contributed by atoms with E-state index in [0.29, 0.717) is 11.3 Å². The summed E-state index contributed by atoms with van der Waals surface area (Å²) in [7, 11) is 1.44. The van der Waals surface area contributed by atoms with Gasteiger partial charge in [0.15, 0.2) is 0 Å². The zero-order chi connectivity index (χ0) is 13.5. The first kappa shape index (κ1) is 14.4. The van der Waals surface area contributed by atoms with Gasteiger partial charge in [-0.2, -0.15) is 0 Å². The van der Waals surface area contributed by atoms with Crippen LogP contribution >= 0.6 is 15.9 Å². The number of carbonyl (C=O) groups is 2. The van der Waals surface area contributed by atoms with Crippen LogP contribution in [0.4, 0.5) is 0 Å². The molecule has 0 aliphatic carbocycles. The molecular weight excluding hydrogens is 300 g/mol. The third kappa shape index (κ3) is 4.00. The average molecular weight is 313 g/mol. The number of ether oxygens (including phenoxy) is 2. The van der Waals surface area contributed by atoms with Crippen LogP contribution in [0, 0.1) is 0 Å². The Morgan fingerprint density at radius 1 is 1.28 bits per heavy atom. The van der Waals surface area contributed by atoms with Crippen molar-refractivity contribution in [2.75, 3.05) is 13.7 Å². The van der Waals surface area contributed by atoms with E-state index in [1.165, 1.54) is 7.11 Å². The Kier molecular flexibility index (Phi) is 5.58. The zero-order valence-corrected chi connectivity index (χ0v) is 11.7. The van der Waals surface area contributed by atoms with E-state index >= 15 is 0 Å². The molecule has 0 heterocycles. The maximum atomic E-state index is 11.5. The predicted octanol–water partition coefficient (Wildman–Crippen LogP) is 2.57. The van der Waals surface area contributed by atoms with Crippen molar-refractivity contribution < 1.29 is 19.1 Å². The lowest BCUT2D eigenvalue weighted by atomic mass is 10.1. The Hall–Kier alpha value is -1.62. The lowest BCUT2D eigenvalue weighted by Gasteiger charge is -2.06. The number of esters is 1. The first-order valence-corrected chi connectivity index (χ1v) is 6.10. The van der Waals surface area contributed by atoms with Gasteiger partial charge in [-0.25, -0.2) is 4.79 Å². The normalized spacial score (nSPS) is 10.9. The second-order valence-corrected chi connectivity index (χ2v) is 4.22. The molecule has 0 unspecified atom stereocenters. The van der Waals surface area contributed by atoms with Crippen molar-refractivity contribution >= 4 is 33.4 Å². The highest BCUT2D eigenvalue weighted by Gasteiger charge is 2.14. The Morgan fingerprint density at radius 2 is 1.89 bits per heavy atom. The summed E-state index contributed by atoms with van der Waals surface area (Å²) in [6, 6.07) is 7.18. The van der Waals surface area contributed by atoms with E-state index in [9.17, 15) is 9.59 Å². The molecule has 5 heteroatoms. The number of carbonyl (C=O) groups excluding carboxylic acids is 2. The fourth-order valence-electron chi connectivity index (χ4n) is 1.25. The van der Waals surface area contributed by atoms with E-state index in [2.05, 4.69) is 20.7 Å². The number of rotatable bonds is 5. The first-order valence-electron chi connectivity index (χ1n) is 5.31. The molecule has 0 amide bonds. The van der Waals surface area contributed by atoms with E-state index in [1.807, 2.05) is 12.1 Å². The Balaban J connectivity index is 2.92. The van der Waals surface area contributed by atoms with Crippen molar-refractivity contribution in [1.29, 1.82) is 0 Å². The molecule has 1 aromatic carbocycles. The molecule has 0 saturated carbocycles. The number of benzene rings is 1. The number of ketones is 1. The molecule has 0 bridgehead atoms. The summed E-state index contributed by atoms with van der Waals surface area (Å²) >= 11 is 3.31. The zero-order valence-electron chi connectivity index (χ0n) is 10.1. The minimum atomic E-state index is -0.885. The van der Waals surface area contributed by atoms with Crippen LogP contribution in [0.1, 0.15) is 12.5 Å². The monoisotopic (exact) mass is 312 g/mol. The Bertz CT molecular complexity index is 462. The topological polar surface area (TPSA) is 52.6 Å². The highest BCUT2D eigenvalue weighted by molar-refractivity contribution is 9.10. The number of hydrogen-bond acceptors (Lipinski definition) is 4. The average Bonchev–Trinajstić information content (AvgIpc) is 2.37. The summed E-state index contributed by atoms with van der Waals surface area (Å²) in [6.45, 7) is 1.81. The van der Waals surface area contributed by atoms with Gasteiger partial charge in [0.25, 0.3) is 5.78 Å². The van der Waals surface area contributed by atoms with Crippen LogP contribution in [0.2, 0.25) is 0 Å². The van der Waals surface area contributed by atoms with Crippen LogP contribution in [0.3, 0.4) is 0 Å². The smallest absolute Gasteiger partial charge is 0.379 e. The fourth-order valence-corrected chi connectivity index (χ4v) is 1.52. The largest absolute Gasteiger partial charge is 0.496 e. The van der Waals surface area contributed by atoms with Gasteiger partial charge in [-0.05, 0) is 19.1 Å². The molecule has 4 nitrogen and oxygen atoms in total. The second kappa shape index (κ2) is 6.96. The minimum Gasteiger partial charge on any atom is -0.496 e. The molecule has 96 valence electrons. The standard InChI is InChI=1S/C13H13BrO4/c1-3-18-13(16)11(15)8-12(17-2)9-4-6-10(14)7-5-9/h4-8H,3H2,1-2H3/b12-8-. The second-order valence-electron chi connectivity index (χ2n) is 3.30.